The first-order chi connectivity index (χ1) is 9.12. The Labute approximate surface area is 112 Å². The van der Waals surface area contributed by atoms with Crippen molar-refractivity contribution in [2.75, 3.05) is 5.73 Å². The first-order valence-corrected chi connectivity index (χ1v) is 6.12. The molecule has 4 N–H and O–H groups in total. The number of aromatic nitrogens is 2. The Morgan fingerprint density at radius 3 is 2.89 bits per heavy atom. The average Bonchev–Trinajstić information content (AvgIpc) is 2.38. The molecular formula is C12H10N4O2S. The second-order valence-electron chi connectivity index (χ2n) is 3.68. The van der Waals surface area contributed by atoms with Gasteiger partial charge in [-0.1, -0.05) is 17.8 Å². The number of aromatic amines is 1. The Balaban J connectivity index is 2.38. The number of aliphatic hydroxyl groups excluding tert-OH is 1. The summed E-state index contributed by atoms with van der Waals surface area (Å²) in [6.45, 7) is -0.132. The number of nitrogen functional groups attached to an aromatic ring is 1. The molecule has 0 saturated heterocycles. The van der Waals surface area contributed by atoms with Crippen LogP contribution in [-0.4, -0.2) is 15.1 Å². The molecule has 7 heteroatoms. The molecule has 0 amide bonds. The predicted molar refractivity (Wildman–Crippen MR) is 70.5 cm³/mol. The average molecular weight is 274 g/mol. The third-order valence-corrected chi connectivity index (χ3v) is 3.26. The zero-order valence-corrected chi connectivity index (χ0v) is 10.6. The maximum Gasteiger partial charge on any atom is 0.253 e. The number of aliphatic hydroxyl groups is 1. The molecule has 0 saturated carbocycles. The van der Waals surface area contributed by atoms with E-state index in [0.717, 1.165) is 11.8 Å². The van der Waals surface area contributed by atoms with Gasteiger partial charge in [-0.2, -0.15) is 5.26 Å². The van der Waals surface area contributed by atoms with Gasteiger partial charge in [0.05, 0.1) is 12.2 Å². The first-order valence-electron chi connectivity index (χ1n) is 5.31. The number of H-pyrrole nitrogens is 1. The maximum absolute atomic E-state index is 11.3. The second-order valence-corrected chi connectivity index (χ2v) is 4.71. The number of hydrogen-bond acceptors (Lipinski definition) is 6. The van der Waals surface area contributed by atoms with Gasteiger partial charge in [0, 0.05) is 11.0 Å². The van der Waals surface area contributed by atoms with Crippen LogP contribution in [0.3, 0.4) is 0 Å². The van der Waals surface area contributed by atoms with Crippen molar-refractivity contribution in [3.8, 4) is 6.07 Å². The van der Waals surface area contributed by atoms with Gasteiger partial charge in [-0.15, -0.1) is 0 Å². The highest BCUT2D eigenvalue weighted by Gasteiger charge is 2.08. The smallest absolute Gasteiger partial charge is 0.253 e. The summed E-state index contributed by atoms with van der Waals surface area (Å²) in [7, 11) is 0. The Morgan fingerprint density at radius 2 is 2.26 bits per heavy atom. The van der Waals surface area contributed by atoms with Gasteiger partial charge >= 0.3 is 0 Å². The molecule has 1 aromatic carbocycles. The van der Waals surface area contributed by atoms with Crippen LogP contribution in [0.1, 0.15) is 11.1 Å². The highest BCUT2D eigenvalue weighted by Crippen LogP contribution is 2.28. The van der Waals surface area contributed by atoms with Gasteiger partial charge < -0.3 is 15.8 Å². The molecule has 2 rings (SSSR count). The minimum absolute atomic E-state index is 0.122. The lowest BCUT2D eigenvalue weighted by atomic mass is 10.1. The van der Waals surface area contributed by atoms with Crippen molar-refractivity contribution in [2.24, 2.45) is 0 Å². The molecule has 96 valence electrons. The highest BCUT2D eigenvalue weighted by molar-refractivity contribution is 7.99. The van der Waals surface area contributed by atoms with Crippen molar-refractivity contribution in [2.45, 2.75) is 16.7 Å². The lowest BCUT2D eigenvalue weighted by molar-refractivity contribution is 0.281. The summed E-state index contributed by atoms with van der Waals surface area (Å²) in [5.41, 5.74) is 6.19. The van der Waals surface area contributed by atoms with Crippen LogP contribution in [0.4, 0.5) is 5.82 Å². The summed E-state index contributed by atoms with van der Waals surface area (Å²) in [5.74, 6) is 0.122. The van der Waals surface area contributed by atoms with E-state index >= 15 is 0 Å². The quantitative estimate of drug-likeness (QED) is 0.715. The van der Waals surface area contributed by atoms with Crippen molar-refractivity contribution in [3.05, 3.63) is 45.7 Å². The van der Waals surface area contributed by atoms with Crippen molar-refractivity contribution in [1.29, 1.82) is 5.26 Å². The monoisotopic (exact) mass is 274 g/mol. The molecule has 0 unspecified atom stereocenters. The number of nitrogens with two attached hydrogens (primary N) is 1. The van der Waals surface area contributed by atoms with Gasteiger partial charge in [0.25, 0.3) is 5.56 Å². The van der Waals surface area contributed by atoms with E-state index in [1.807, 2.05) is 6.07 Å². The third kappa shape index (κ3) is 3.13. The fraction of sp³-hybridized carbons (Fsp3) is 0.0833. The van der Waals surface area contributed by atoms with Crippen molar-refractivity contribution >= 4 is 17.6 Å². The van der Waals surface area contributed by atoms with E-state index in [1.54, 1.807) is 18.2 Å². The summed E-state index contributed by atoms with van der Waals surface area (Å²) in [4.78, 5) is 18.4. The van der Waals surface area contributed by atoms with Crippen LogP contribution in [0.5, 0.6) is 0 Å². The molecule has 0 atom stereocenters. The Kier molecular flexibility index (Phi) is 3.85. The summed E-state index contributed by atoms with van der Waals surface area (Å²) in [5, 5.41) is 18.4. The summed E-state index contributed by atoms with van der Waals surface area (Å²) >= 11 is 1.14. The molecule has 0 spiro atoms. The third-order valence-electron chi connectivity index (χ3n) is 2.29. The van der Waals surface area contributed by atoms with E-state index in [0.29, 0.717) is 21.2 Å². The molecule has 0 aliphatic carbocycles. The van der Waals surface area contributed by atoms with E-state index in [1.165, 1.54) is 6.07 Å². The highest BCUT2D eigenvalue weighted by atomic mass is 32.2. The standard InChI is InChI=1S/C12H10N4O2S/c13-5-8-3-7(6-17)1-2-9(8)19-12-15-10(14)4-11(18)16-12/h1-4,17H,6H2,(H3,14,15,16,18). The number of rotatable bonds is 3. The molecule has 1 aromatic heterocycles. The van der Waals surface area contributed by atoms with Crippen LogP contribution in [0.15, 0.2) is 39.1 Å². The van der Waals surface area contributed by atoms with Gasteiger partial charge in [-0.05, 0) is 17.7 Å². The molecule has 0 aliphatic heterocycles. The van der Waals surface area contributed by atoms with Gasteiger partial charge in [0.2, 0.25) is 0 Å². The largest absolute Gasteiger partial charge is 0.392 e. The molecule has 2 aromatic rings. The molecular weight excluding hydrogens is 264 g/mol. The topological polar surface area (TPSA) is 116 Å². The fourth-order valence-electron chi connectivity index (χ4n) is 1.46. The van der Waals surface area contributed by atoms with E-state index in [9.17, 15) is 4.79 Å². The van der Waals surface area contributed by atoms with Crippen LogP contribution in [0, 0.1) is 11.3 Å². The molecule has 19 heavy (non-hydrogen) atoms. The second kappa shape index (κ2) is 5.56. The number of nitrogens with zero attached hydrogens (tertiary/aromatic N) is 2. The molecule has 0 bridgehead atoms. The Hall–Kier alpha value is -2.30. The number of nitriles is 1. The van der Waals surface area contributed by atoms with E-state index in [4.69, 9.17) is 16.1 Å². The summed E-state index contributed by atoms with van der Waals surface area (Å²) in [6, 6.07) is 8.21. The van der Waals surface area contributed by atoms with Crippen LogP contribution in [0.25, 0.3) is 0 Å². The molecule has 6 nitrogen and oxygen atoms in total. The Morgan fingerprint density at radius 1 is 1.47 bits per heavy atom. The van der Waals surface area contributed by atoms with Gasteiger partial charge in [-0.25, -0.2) is 4.98 Å². The van der Waals surface area contributed by atoms with E-state index < -0.39 is 0 Å². The predicted octanol–water partition coefficient (Wildman–Crippen LogP) is 0.867. The maximum atomic E-state index is 11.3. The molecule has 0 radical (unpaired) electrons. The number of anilines is 1. The molecule has 0 fully saturated rings. The number of nitrogens with one attached hydrogen (secondary N) is 1. The van der Waals surface area contributed by atoms with Crippen molar-refractivity contribution in [3.63, 3.8) is 0 Å². The lowest BCUT2D eigenvalue weighted by Crippen LogP contribution is -2.09. The zero-order valence-electron chi connectivity index (χ0n) is 9.75. The van der Waals surface area contributed by atoms with E-state index in [2.05, 4.69) is 9.97 Å². The zero-order chi connectivity index (χ0) is 13.8. The normalized spacial score (nSPS) is 10.1. The van der Waals surface area contributed by atoms with Gasteiger partial charge in [0.1, 0.15) is 11.9 Å². The first kappa shape index (κ1) is 13.1. The Bertz CT molecular complexity index is 706. The SMILES string of the molecule is N#Cc1cc(CO)ccc1Sc1nc(N)cc(=O)[nH]1. The molecule has 0 aliphatic rings. The van der Waals surface area contributed by atoms with Crippen LogP contribution in [-0.2, 0) is 6.61 Å². The minimum atomic E-state index is -0.347. The van der Waals surface area contributed by atoms with Crippen molar-refractivity contribution < 1.29 is 5.11 Å². The van der Waals surface area contributed by atoms with Gasteiger partial charge in [-0.3, -0.25) is 4.79 Å². The lowest BCUT2D eigenvalue weighted by Gasteiger charge is -2.05. The molecule has 1 heterocycles. The van der Waals surface area contributed by atoms with Crippen LogP contribution in [0.2, 0.25) is 0 Å². The fourth-order valence-corrected chi connectivity index (χ4v) is 2.32. The number of hydrogen-bond donors (Lipinski definition) is 3. The van der Waals surface area contributed by atoms with E-state index in [-0.39, 0.29) is 18.0 Å². The van der Waals surface area contributed by atoms with Crippen LogP contribution >= 0.6 is 11.8 Å². The van der Waals surface area contributed by atoms with Crippen LogP contribution < -0.4 is 11.3 Å². The summed E-state index contributed by atoms with van der Waals surface area (Å²) in [6.07, 6.45) is 0. The number of benzene rings is 1. The summed E-state index contributed by atoms with van der Waals surface area (Å²) < 4.78 is 0. The van der Waals surface area contributed by atoms with Gasteiger partial charge in [0.15, 0.2) is 5.16 Å². The minimum Gasteiger partial charge on any atom is -0.392 e. The van der Waals surface area contributed by atoms with Crippen molar-refractivity contribution in [1.82, 2.24) is 9.97 Å².